The van der Waals surface area contributed by atoms with Crippen molar-refractivity contribution in [3.05, 3.63) is 133 Å². The van der Waals surface area contributed by atoms with Gasteiger partial charge in [0, 0.05) is 32.9 Å². The first-order valence-corrected chi connectivity index (χ1v) is 15.9. The van der Waals surface area contributed by atoms with E-state index in [0.717, 1.165) is 17.8 Å². The number of rotatable bonds is 3. The van der Waals surface area contributed by atoms with Crippen LogP contribution in [0.3, 0.4) is 0 Å². The second kappa shape index (κ2) is 8.84. The lowest BCUT2D eigenvalue weighted by Crippen LogP contribution is -2.08. The molecule has 2 fully saturated rings. The zero-order valence-electron chi connectivity index (χ0n) is 24.1. The largest absolute Gasteiger partial charge is 0.307 e. The highest BCUT2D eigenvalue weighted by Gasteiger charge is 2.40. The van der Waals surface area contributed by atoms with Crippen molar-refractivity contribution >= 4 is 54.4 Å². The fourth-order valence-electron chi connectivity index (χ4n) is 8.96. The summed E-state index contributed by atoms with van der Waals surface area (Å²) in [7, 11) is 0. The minimum Gasteiger partial charge on any atom is -0.307 e. The van der Waals surface area contributed by atoms with Crippen molar-refractivity contribution in [2.75, 3.05) is 0 Å². The summed E-state index contributed by atoms with van der Waals surface area (Å²) in [4.78, 5) is 0. The molecule has 2 aliphatic rings. The van der Waals surface area contributed by atoms with Gasteiger partial charge in [0.25, 0.3) is 0 Å². The number of para-hydroxylation sites is 2. The maximum Gasteiger partial charge on any atom is 0.0789 e. The zero-order chi connectivity index (χ0) is 28.1. The van der Waals surface area contributed by atoms with E-state index in [2.05, 4.69) is 137 Å². The molecule has 0 spiro atoms. The fraction of sp³-hybridized carbons (Fsp3) is 0.171. The van der Waals surface area contributed by atoms with Crippen LogP contribution in [0.4, 0.5) is 0 Å². The average molecular weight is 553 g/mol. The smallest absolute Gasteiger partial charge is 0.0789 e. The third-order valence-corrected chi connectivity index (χ3v) is 10.8. The van der Waals surface area contributed by atoms with E-state index < -0.39 is 0 Å². The Morgan fingerprint density at radius 2 is 1.16 bits per heavy atom. The Hall–Kier alpha value is -4.82. The maximum absolute atomic E-state index is 2.54. The van der Waals surface area contributed by atoms with Gasteiger partial charge in [-0.05, 0) is 89.8 Å². The lowest BCUT2D eigenvalue weighted by molar-refractivity contribution is 0.420. The van der Waals surface area contributed by atoms with Gasteiger partial charge in [-0.25, -0.2) is 0 Å². The lowest BCUT2D eigenvalue weighted by Gasteiger charge is -2.22. The first-order chi connectivity index (χ1) is 21.3. The fourth-order valence-corrected chi connectivity index (χ4v) is 8.96. The number of nitrogens with zero attached hydrogens (tertiary/aromatic N) is 2. The summed E-state index contributed by atoms with van der Waals surface area (Å²) >= 11 is 0. The SMILES string of the molecule is c1ccc(-n2c3ccccc3c3ccc4c5c6ccccc6ccc5n(-c5ccc(C6CC7CCC6C7)cc5)c4c32)cc1. The van der Waals surface area contributed by atoms with Gasteiger partial charge >= 0.3 is 0 Å². The number of fused-ring (bicyclic) bond motifs is 11. The summed E-state index contributed by atoms with van der Waals surface area (Å²) in [6, 6.07) is 47.6. The molecule has 0 radical (unpaired) electrons. The highest BCUT2D eigenvalue weighted by atomic mass is 15.0. The minimum atomic E-state index is 0.738. The molecule has 0 N–H and O–H groups in total. The highest BCUT2D eigenvalue weighted by Crippen LogP contribution is 2.53. The number of aromatic nitrogens is 2. The number of hydrogen-bond acceptors (Lipinski definition) is 0. The molecule has 3 unspecified atom stereocenters. The standard InChI is InChI=1S/C41H32N2/c1-2-9-30(10-3-1)42-37-13-7-6-12-33(37)34-21-22-35-39-32-11-5-4-8-27(32)18-23-38(39)43(41(35)40(34)42)31-19-16-28(17-20-31)36-25-26-14-15-29(36)24-26/h1-13,16-23,26,29,36H,14-15,24-25H2. The predicted octanol–water partition coefficient (Wildman–Crippen LogP) is 10.9. The molecule has 8 aromatic rings. The summed E-state index contributed by atoms with van der Waals surface area (Å²) in [6.45, 7) is 0. The minimum absolute atomic E-state index is 0.738. The molecular formula is C41H32N2. The second-order valence-electron chi connectivity index (χ2n) is 12.9. The Kier molecular flexibility index (Phi) is 4.88. The van der Waals surface area contributed by atoms with Gasteiger partial charge < -0.3 is 9.13 Å². The van der Waals surface area contributed by atoms with Gasteiger partial charge in [-0.15, -0.1) is 0 Å². The van der Waals surface area contributed by atoms with Crippen LogP contribution >= 0.6 is 0 Å². The van der Waals surface area contributed by atoms with E-state index in [1.54, 1.807) is 0 Å². The first-order valence-electron chi connectivity index (χ1n) is 15.9. The summed E-state index contributed by atoms with van der Waals surface area (Å²) in [5.74, 6) is 2.58. The van der Waals surface area contributed by atoms with E-state index in [4.69, 9.17) is 0 Å². The summed E-state index contributed by atoms with van der Waals surface area (Å²) in [5.41, 5.74) is 9.00. The maximum atomic E-state index is 2.54. The molecule has 3 atom stereocenters. The first kappa shape index (κ1) is 23.7. The Bertz CT molecular complexity index is 2350. The van der Waals surface area contributed by atoms with E-state index in [9.17, 15) is 0 Å². The molecule has 206 valence electrons. The van der Waals surface area contributed by atoms with Gasteiger partial charge in [-0.1, -0.05) is 97.4 Å². The van der Waals surface area contributed by atoms with Crippen LogP contribution in [0.5, 0.6) is 0 Å². The van der Waals surface area contributed by atoms with E-state index in [1.165, 1.54) is 97.0 Å². The summed E-state index contributed by atoms with van der Waals surface area (Å²) in [5, 5.41) is 7.80. The van der Waals surface area contributed by atoms with Gasteiger partial charge in [0.2, 0.25) is 0 Å². The third kappa shape index (κ3) is 3.29. The summed E-state index contributed by atoms with van der Waals surface area (Å²) in [6.07, 6.45) is 5.68. The molecule has 2 heterocycles. The Labute approximate surface area is 250 Å². The topological polar surface area (TPSA) is 9.86 Å². The van der Waals surface area contributed by atoms with Crippen LogP contribution in [0.15, 0.2) is 127 Å². The van der Waals surface area contributed by atoms with E-state index >= 15 is 0 Å². The van der Waals surface area contributed by atoms with E-state index in [-0.39, 0.29) is 0 Å². The third-order valence-electron chi connectivity index (χ3n) is 10.8. The second-order valence-corrected chi connectivity index (χ2v) is 12.9. The predicted molar refractivity (Wildman–Crippen MR) is 181 cm³/mol. The summed E-state index contributed by atoms with van der Waals surface area (Å²) < 4.78 is 5.02. The van der Waals surface area contributed by atoms with Gasteiger partial charge in [-0.3, -0.25) is 0 Å². The molecule has 2 heteroatoms. The molecule has 6 aromatic carbocycles. The molecule has 43 heavy (non-hydrogen) atoms. The molecule has 0 saturated heterocycles. The van der Waals surface area contributed by atoms with Crippen LogP contribution in [0.2, 0.25) is 0 Å². The molecule has 2 saturated carbocycles. The Balaban J connectivity index is 1.34. The van der Waals surface area contributed by atoms with Crippen molar-refractivity contribution < 1.29 is 0 Å². The molecule has 2 aromatic heterocycles. The van der Waals surface area contributed by atoms with Crippen molar-refractivity contribution in [2.24, 2.45) is 11.8 Å². The van der Waals surface area contributed by atoms with Crippen LogP contribution in [0.1, 0.15) is 37.2 Å². The van der Waals surface area contributed by atoms with Crippen molar-refractivity contribution in [1.82, 2.24) is 9.13 Å². The molecule has 2 aliphatic carbocycles. The van der Waals surface area contributed by atoms with Crippen LogP contribution < -0.4 is 0 Å². The van der Waals surface area contributed by atoms with Crippen LogP contribution in [0, 0.1) is 11.8 Å². The monoisotopic (exact) mass is 552 g/mol. The van der Waals surface area contributed by atoms with Crippen LogP contribution in [-0.4, -0.2) is 9.13 Å². The van der Waals surface area contributed by atoms with Gasteiger partial charge in [0.15, 0.2) is 0 Å². The lowest BCUT2D eigenvalue weighted by atomic mass is 9.83. The Morgan fingerprint density at radius 3 is 1.98 bits per heavy atom. The van der Waals surface area contributed by atoms with Crippen molar-refractivity contribution in [2.45, 2.75) is 31.6 Å². The molecule has 2 bridgehead atoms. The number of benzene rings is 6. The molecule has 10 rings (SSSR count). The zero-order valence-corrected chi connectivity index (χ0v) is 24.1. The Morgan fingerprint density at radius 1 is 0.465 bits per heavy atom. The van der Waals surface area contributed by atoms with Gasteiger partial charge in [0.1, 0.15) is 0 Å². The highest BCUT2D eigenvalue weighted by molar-refractivity contribution is 6.28. The molecule has 0 aliphatic heterocycles. The van der Waals surface area contributed by atoms with E-state index in [1.807, 2.05) is 0 Å². The van der Waals surface area contributed by atoms with Crippen molar-refractivity contribution in [1.29, 1.82) is 0 Å². The van der Waals surface area contributed by atoms with Crippen LogP contribution in [0.25, 0.3) is 65.8 Å². The number of hydrogen-bond donors (Lipinski definition) is 0. The van der Waals surface area contributed by atoms with E-state index in [0.29, 0.717) is 0 Å². The van der Waals surface area contributed by atoms with Gasteiger partial charge in [-0.2, -0.15) is 0 Å². The quantitative estimate of drug-likeness (QED) is 0.206. The van der Waals surface area contributed by atoms with Crippen molar-refractivity contribution in [3.63, 3.8) is 0 Å². The normalized spacial score (nSPS) is 20.0. The van der Waals surface area contributed by atoms with Gasteiger partial charge in [0.05, 0.1) is 22.1 Å². The molecular weight excluding hydrogens is 520 g/mol. The molecule has 2 nitrogen and oxygen atoms in total. The van der Waals surface area contributed by atoms with Crippen LogP contribution in [-0.2, 0) is 0 Å². The average Bonchev–Trinajstić information content (AvgIpc) is 3.85. The molecule has 0 amide bonds. The van der Waals surface area contributed by atoms with Crippen molar-refractivity contribution in [3.8, 4) is 11.4 Å².